The van der Waals surface area contributed by atoms with Gasteiger partial charge in [-0.05, 0) is 29.0 Å². The number of para-hydroxylation sites is 1. The topological polar surface area (TPSA) is 42.9 Å². The minimum absolute atomic E-state index is 0.00232. The number of aromatic nitrogens is 2. The molecule has 3 nitrogen and oxygen atoms in total. The van der Waals surface area contributed by atoms with Crippen LogP contribution in [-0.2, 0) is 0 Å². The predicted molar refractivity (Wildman–Crippen MR) is 83.8 cm³/mol. The summed E-state index contributed by atoms with van der Waals surface area (Å²) in [6.45, 7) is 0. The standard InChI is InChI=1S/C17H8N2OS/c20-16-11-6-8-21-17(11)15-13-10(5-7-18-15)9-3-1-2-4-12(9)19-14(13)16/h1-8H. The van der Waals surface area contributed by atoms with Gasteiger partial charge in [-0.15, -0.1) is 11.3 Å². The molecule has 3 aromatic heterocycles. The van der Waals surface area contributed by atoms with E-state index in [4.69, 9.17) is 0 Å². The molecular weight excluding hydrogens is 280 g/mol. The number of hydrogen-bond acceptors (Lipinski definition) is 4. The lowest BCUT2D eigenvalue weighted by molar-refractivity contribution is 0.103. The van der Waals surface area contributed by atoms with Gasteiger partial charge in [0.1, 0.15) is 5.69 Å². The second kappa shape index (κ2) is 3.74. The molecule has 0 fully saturated rings. The van der Waals surface area contributed by atoms with Crippen molar-refractivity contribution in [2.75, 3.05) is 0 Å². The third-order valence-electron chi connectivity index (χ3n) is 3.95. The van der Waals surface area contributed by atoms with E-state index in [1.165, 1.54) is 0 Å². The predicted octanol–water partition coefficient (Wildman–Crippen LogP) is 4.06. The first-order valence-corrected chi connectivity index (χ1v) is 7.52. The minimum Gasteiger partial charge on any atom is -0.287 e. The monoisotopic (exact) mass is 288 g/mol. The van der Waals surface area contributed by atoms with Crippen LogP contribution in [0.15, 0.2) is 48.0 Å². The van der Waals surface area contributed by atoms with E-state index in [-0.39, 0.29) is 5.78 Å². The molecule has 4 aromatic rings. The van der Waals surface area contributed by atoms with E-state index >= 15 is 0 Å². The van der Waals surface area contributed by atoms with Gasteiger partial charge in [-0.25, -0.2) is 4.98 Å². The molecule has 0 aliphatic heterocycles. The molecule has 0 N–H and O–H groups in total. The summed E-state index contributed by atoms with van der Waals surface area (Å²) in [5, 5.41) is 4.94. The van der Waals surface area contributed by atoms with E-state index in [0.29, 0.717) is 5.69 Å². The second-order valence-corrected chi connectivity index (χ2v) is 5.97. The van der Waals surface area contributed by atoms with Crippen molar-refractivity contribution in [1.29, 1.82) is 0 Å². The second-order valence-electron chi connectivity index (χ2n) is 5.05. The van der Waals surface area contributed by atoms with Crippen molar-refractivity contribution in [1.82, 2.24) is 9.97 Å². The summed E-state index contributed by atoms with van der Waals surface area (Å²) in [5.41, 5.74) is 2.97. The summed E-state index contributed by atoms with van der Waals surface area (Å²) in [6, 6.07) is 11.8. The van der Waals surface area contributed by atoms with E-state index in [9.17, 15) is 4.79 Å². The molecule has 5 rings (SSSR count). The van der Waals surface area contributed by atoms with Crippen LogP contribution in [0, 0.1) is 0 Å². The van der Waals surface area contributed by atoms with E-state index in [1.807, 2.05) is 48.0 Å². The third kappa shape index (κ3) is 1.30. The van der Waals surface area contributed by atoms with Gasteiger partial charge in [-0.2, -0.15) is 0 Å². The summed E-state index contributed by atoms with van der Waals surface area (Å²) < 4.78 is 0. The summed E-state index contributed by atoms with van der Waals surface area (Å²) in [6.07, 6.45) is 1.81. The normalized spacial score (nSPS) is 12.9. The van der Waals surface area contributed by atoms with Crippen molar-refractivity contribution in [2.24, 2.45) is 0 Å². The fourth-order valence-electron chi connectivity index (χ4n) is 3.04. The van der Waals surface area contributed by atoms with Crippen LogP contribution in [0.4, 0.5) is 0 Å². The van der Waals surface area contributed by atoms with Crippen molar-refractivity contribution in [3.05, 3.63) is 59.2 Å². The van der Waals surface area contributed by atoms with Gasteiger partial charge in [0.05, 0.1) is 16.1 Å². The van der Waals surface area contributed by atoms with Gasteiger partial charge >= 0.3 is 0 Å². The molecule has 1 aromatic carbocycles. The van der Waals surface area contributed by atoms with Crippen LogP contribution in [-0.4, -0.2) is 15.8 Å². The van der Waals surface area contributed by atoms with E-state index < -0.39 is 0 Å². The maximum Gasteiger partial charge on any atom is 0.213 e. The molecule has 3 heterocycles. The number of thiophene rings is 1. The molecule has 0 saturated heterocycles. The van der Waals surface area contributed by atoms with Crippen LogP contribution in [0.3, 0.4) is 0 Å². The van der Waals surface area contributed by atoms with Gasteiger partial charge in [0.2, 0.25) is 5.78 Å². The van der Waals surface area contributed by atoms with Gasteiger partial charge in [-0.1, -0.05) is 18.2 Å². The Morgan fingerprint density at radius 2 is 1.86 bits per heavy atom. The van der Waals surface area contributed by atoms with E-state index in [0.717, 1.165) is 37.8 Å². The molecule has 0 bridgehead atoms. The summed E-state index contributed by atoms with van der Waals surface area (Å²) in [7, 11) is 0. The molecule has 21 heavy (non-hydrogen) atoms. The molecule has 0 spiro atoms. The Morgan fingerprint density at radius 1 is 0.952 bits per heavy atom. The lowest BCUT2D eigenvalue weighted by Crippen LogP contribution is -2.11. The number of ketones is 1. The number of carbonyl (C=O) groups excluding carboxylic acids is 1. The largest absolute Gasteiger partial charge is 0.287 e. The Bertz CT molecular complexity index is 1060. The Hall–Kier alpha value is -2.59. The van der Waals surface area contributed by atoms with E-state index in [1.54, 1.807) is 11.3 Å². The van der Waals surface area contributed by atoms with Crippen LogP contribution in [0.25, 0.3) is 32.2 Å². The maximum absolute atomic E-state index is 12.7. The Morgan fingerprint density at radius 3 is 2.81 bits per heavy atom. The van der Waals surface area contributed by atoms with Crippen molar-refractivity contribution in [3.63, 3.8) is 0 Å². The van der Waals surface area contributed by atoms with E-state index in [2.05, 4.69) is 9.97 Å². The smallest absolute Gasteiger partial charge is 0.213 e. The number of benzene rings is 1. The van der Waals surface area contributed by atoms with Crippen molar-refractivity contribution in [2.45, 2.75) is 0 Å². The Labute approximate surface area is 123 Å². The first-order chi connectivity index (χ1) is 10.3. The number of rotatable bonds is 0. The highest BCUT2D eigenvalue weighted by Crippen LogP contribution is 2.41. The highest BCUT2D eigenvalue weighted by Gasteiger charge is 2.29. The minimum atomic E-state index is 0.00232. The van der Waals surface area contributed by atoms with Gasteiger partial charge in [0.25, 0.3) is 0 Å². The van der Waals surface area contributed by atoms with Gasteiger partial charge in [0, 0.05) is 22.5 Å². The number of fused-ring (bicyclic) bond motifs is 4. The summed E-state index contributed by atoms with van der Waals surface area (Å²) in [4.78, 5) is 22.8. The lowest BCUT2D eigenvalue weighted by Gasteiger charge is -2.16. The number of carbonyl (C=O) groups is 1. The van der Waals surface area contributed by atoms with Crippen LogP contribution in [0.5, 0.6) is 0 Å². The average Bonchev–Trinajstić information content (AvgIpc) is 3.02. The molecule has 1 aliphatic carbocycles. The molecule has 1 aliphatic rings. The third-order valence-corrected chi connectivity index (χ3v) is 4.88. The first-order valence-electron chi connectivity index (χ1n) is 6.64. The first kappa shape index (κ1) is 11.1. The van der Waals surface area contributed by atoms with Gasteiger partial charge in [0.15, 0.2) is 0 Å². The summed E-state index contributed by atoms with van der Waals surface area (Å²) in [5.74, 6) is 0.00232. The average molecular weight is 288 g/mol. The fourth-order valence-corrected chi connectivity index (χ4v) is 3.93. The highest BCUT2D eigenvalue weighted by molar-refractivity contribution is 7.14. The zero-order valence-corrected chi connectivity index (χ0v) is 11.6. The number of hydrogen-bond donors (Lipinski definition) is 0. The Kier molecular flexibility index (Phi) is 1.98. The lowest BCUT2D eigenvalue weighted by atomic mass is 9.93. The molecule has 0 atom stereocenters. The van der Waals surface area contributed by atoms with Crippen molar-refractivity contribution in [3.8, 4) is 10.6 Å². The van der Waals surface area contributed by atoms with Crippen molar-refractivity contribution < 1.29 is 4.79 Å². The fraction of sp³-hybridized carbons (Fsp3) is 0. The molecule has 0 radical (unpaired) electrons. The molecular formula is C17H8N2OS. The SMILES string of the molecule is O=C1c2ccsc2-c2nccc3c2c1nc1ccccc13. The molecule has 0 saturated carbocycles. The molecule has 0 amide bonds. The van der Waals surface area contributed by atoms with Gasteiger partial charge in [-0.3, -0.25) is 9.78 Å². The zero-order chi connectivity index (χ0) is 14.0. The Balaban J connectivity index is 2.11. The molecule has 0 unspecified atom stereocenters. The van der Waals surface area contributed by atoms with Crippen LogP contribution in [0.2, 0.25) is 0 Å². The summed E-state index contributed by atoms with van der Waals surface area (Å²) >= 11 is 1.56. The highest BCUT2D eigenvalue weighted by atomic mass is 32.1. The van der Waals surface area contributed by atoms with Crippen LogP contribution >= 0.6 is 11.3 Å². The quantitative estimate of drug-likeness (QED) is 0.404. The number of pyridine rings is 2. The zero-order valence-electron chi connectivity index (χ0n) is 10.8. The number of nitrogens with zero attached hydrogens (tertiary/aromatic N) is 2. The van der Waals surface area contributed by atoms with Crippen molar-refractivity contribution >= 4 is 38.8 Å². The van der Waals surface area contributed by atoms with Crippen LogP contribution in [0.1, 0.15) is 16.1 Å². The van der Waals surface area contributed by atoms with Gasteiger partial charge < -0.3 is 0 Å². The molecule has 98 valence electrons. The van der Waals surface area contributed by atoms with Crippen LogP contribution < -0.4 is 0 Å². The molecule has 4 heteroatoms. The maximum atomic E-state index is 12.7.